The third-order valence-corrected chi connectivity index (χ3v) is 10.3. The molecule has 17 heteroatoms. The molecule has 4 heterocycles. The number of imidazole rings is 2. The normalized spacial score (nSPS) is 13.8. The molecule has 0 unspecified atom stereocenters. The molecule has 2 saturated carbocycles. The summed E-state index contributed by atoms with van der Waals surface area (Å²) >= 11 is 0. The number of alkyl halides is 4. The van der Waals surface area contributed by atoms with Gasteiger partial charge in [0.05, 0.1) is 38.0 Å². The minimum absolute atomic E-state index is 0.0123. The second-order valence-electron chi connectivity index (χ2n) is 15.1. The molecular weight excluding hydrogens is 806 g/mol. The first-order valence-electron chi connectivity index (χ1n) is 19.6. The number of likely N-dealkylation sites (N-methyl/N-ethyl adjacent to an activating group) is 1. The van der Waals surface area contributed by atoms with Crippen LogP contribution in [-0.2, 0) is 0 Å². The van der Waals surface area contributed by atoms with Gasteiger partial charge >= 0.3 is 13.2 Å². The Balaban J connectivity index is 0.000000186. The molecular formula is C44H44F5N5O7. The summed E-state index contributed by atoms with van der Waals surface area (Å²) in [7, 11) is 6.71. The molecule has 6 aromatic rings. The summed E-state index contributed by atoms with van der Waals surface area (Å²) in [6, 6.07) is 12.2. The van der Waals surface area contributed by atoms with E-state index in [0.29, 0.717) is 58.5 Å². The van der Waals surface area contributed by atoms with Crippen LogP contribution in [-0.4, -0.2) is 89.9 Å². The average Bonchev–Trinajstić information content (AvgIpc) is 4.13. The molecule has 0 radical (unpaired) electrons. The molecule has 0 amide bonds. The van der Waals surface area contributed by atoms with Crippen LogP contribution in [0.2, 0.25) is 0 Å². The van der Waals surface area contributed by atoms with Crippen molar-refractivity contribution in [2.24, 2.45) is 11.8 Å². The molecule has 4 aromatic heterocycles. The lowest BCUT2D eigenvalue weighted by Gasteiger charge is -2.16. The number of methoxy groups -OCH3 is 2. The second kappa shape index (κ2) is 18.6. The van der Waals surface area contributed by atoms with E-state index in [1.165, 1.54) is 50.9 Å². The van der Waals surface area contributed by atoms with Crippen molar-refractivity contribution >= 4 is 22.9 Å². The number of hydrogen-bond donors (Lipinski definition) is 0. The smallest absolute Gasteiger partial charge is 0.387 e. The zero-order valence-corrected chi connectivity index (χ0v) is 33.9. The zero-order valence-electron chi connectivity index (χ0n) is 33.9. The van der Waals surface area contributed by atoms with E-state index in [9.17, 15) is 31.5 Å². The minimum atomic E-state index is -3.09. The van der Waals surface area contributed by atoms with Crippen LogP contribution in [0.15, 0.2) is 73.3 Å². The molecule has 0 atom stereocenters. The predicted octanol–water partition coefficient (Wildman–Crippen LogP) is 9.27. The lowest BCUT2D eigenvalue weighted by Crippen LogP contribution is -2.19. The molecule has 322 valence electrons. The number of pyridine rings is 2. The van der Waals surface area contributed by atoms with E-state index in [1.807, 2.05) is 29.5 Å². The van der Waals surface area contributed by atoms with Gasteiger partial charge in [0.15, 0.2) is 11.6 Å². The maximum absolute atomic E-state index is 13.4. The highest BCUT2D eigenvalue weighted by Gasteiger charge is 2.31. The Morgan fingerprint density at radius 1 is 0.705 bits per heavy atom. The number of fused-ring (bicyclic) bond motifs is 2. The number of ether oxygens (including phenoxy) is 5. The quantitative estimate of drug-likeness (QED) is 0.0612. The van der Waals surface area contributed by atoms with E-state index in [4.69, 9.17) is 18.9 Å². The van der Waals surface area contributed by atoms with Crippen molar-refractivity contribution in [3.63, 3.8) is 0 Å². The molecule has 2 aromatic carbocycles. The predicted molar refractivity (Wildman–Crippen MR) is 215 cm³/mol. The summed E-state index contributed by atoms with van der Waals surface area (Å²) in [6.07, 6.45) is 10.8. The summed E-state index contributed by atoms with van der Waals surface area (Å²) in [4.78, 5) is 36.1. The molecule has 0 aliphatic heterocycles. The van der Waals surface area contributed by atoms with Crippen LogP contribution < -0.4 is 23.7 Å². The highest BCUT2D eigenvalue weighted by molar-refractivity contribution is 6.03. The van der Waals surface area contributed by atoms with Crippen molar-refractivity contribution in [1.29, 1.82) is 0 Å². The lowest BCUT2D eigenvalue weighted by molar-refractivity contribution is -0.0509. The Morgan fingerprint density at radius 2 is 1.16 bits per heavy atom. The van der Waals surface area contributed by atoms with Gasteiger partial charge in [0.2, 0.25) is 0 Å². The lowest BCUT2D eigenvalue weighted by atomic mass is 10.00. The number of rotatable bonds is 18. The Morgan fingerprint density at radius 3 is 1.61 bits per heavy atom. The minimum Gasteiger partial charge on any atom is -0.496 e. The van der Waals surface area contributed by atoms with Gasteiger partial charge in [-0.3, -0.25) is 18.4 Å². The van der Waals surface area contributed by atoms with Crippen LogP contribution >= 0.6 is 0 Å². The number of Topliss-reactive ketones (excluding diaryl/α,β-unsaturated/α-hetero) is 2. The van der Waals surface area contributed by atoms with Gasteiger partial charge in [-0.25, -0.2) is 14.4 Å². The highest BCUT2D eigenvalue weighted by atomic mass is 19.3. The van der Waals surface area contributed by atoms with E-state index >= 15 is 0 Å². The van der Waals surface area contributed by atoms with Crippen LogP contribution in [0.5, 0.6) is 28.7 Å². The molecule has 0 spiro atoms. The number of aromatic nitrogens is 4. The van der Waals surface area contributed by atoms with E-state index in [-0.39, 0.29) is 58.0 Å². The Kier molecular flexibility index (Phi) is 13.1. The van der Waals surface area contributed by atoms with E-state index < -0.39 is 19.0 Å². The van der Waals surface area contributed by atoms with Crippen molar-refractivity contribution in [2.45, 2.75) is 51.7 Å². The summed E-state index contributed by atoms with van der Waals surface area (Å²) < 4.78 is 95.2. The Bertz CT molecular complexity index is 2530. The standard InChI is InChI=1S/C24H27F2N3O4.C20H17F3N2O3/c1-28(2)8-9-32-17-6-7-29-18(14-27-22(29)13-17)16-11-20(31-3)23(19(30)10-15-4-5-15)21(12-16)33-24(25)26;1-27-16-7-12(14-10-24-18-9-13(21)4-5-25(14)18)8-17(28-20(22)23)19(16)15(26)6-11-2-3-11/h6-7,11-15,24H,4-5,8-10H2,1-3H3;4-5,7-11,20H,2-3,6H2,1H3. The Labute approximate surface area is 347 Å². The first-order valence-corrected chi connectivity index (χ1v) is 19.6. The number of carbonyl (C=O) groups excluding carboxylic acids is 2. The number of hydrogen-bond acceptors (Lipinski definition) is 10. The molecule has 0 bridgehead atoms. The fourth-order valence-corrected chi connectivity index (χ4v) is 6.88. The SMILES string of the molecule is COc1cc(-c2cnc3cc(F)ccn23)cc(OC(F)F)c1C(=O)CC1CC1.COc1cc(-c2cnc3cc(OCCN(C)C)ccn23)cc(OC(F)F)c1C(=O)CC1CC1. The van der Waals surface area contributed by atoms with Gasteiger partial charge in [-0.2, -0.15) is 17.6 Å². The molecule has 0 N–H and O–H groups in total. The van der Waals surface area contributed by atoms with Crippen LogP contribution in [0.25, 0.3) is 33.8 Å². The van der Waals surface area contributed by atoms with Crippen molar-refractivity contribution in [3.05, 3.63) is 90.3 Å². The summed E-state index contributed by atoms with van der Waals surface area (Å²) in [6.45, 7) is -4.84. The topological polar surface area (TPSA) is 118 Å². The monoisotopic (exact) mass is 849 g/mol. The fraction of sp³-hybridized carbons (Fsp3) is 0.364. The number of ketones is 2. The molecule has 12 nitrogen and oxygen atoms in total. The molecule has 0 saturated heterocycles. The molecule has 8 rings (SSSR count). The Hall–Kier alpha value is -6.23. The maximum Gasteiger partial charge on any atom is 0.387 e. The second-order valence-corrected chi connectivity index (χ2v) is 15.1. The van der Waals surface area contributed by atoms with Crippen molar-refractivity contribution in [1.82, 2.24) is 23.7 Å². The first-order chi connectivity index (χ1) is 29.3. The summed E-state index contributed by atoms with van der Waals surface area (Å²) in [5.74, 6) is 0.195. The number of carbonyl (C=O) groups is 2. The summed E-state index contributed by atoms with van der Waals surface area (Å²) in [5, 5.41) is 0. The average molecular weight is 850 g/mol. The molecule has 2 aliphatic rings. The van der Waals surface area contributed by atoms with Gasteiger partial charge in [0, 0.05) is 55.0 Å². The molecule has 61 heavy (non-hydrogen) atoms. The van der Waals surface area contributed by atoms with Gasteiger partial charge in [0.1, 0.15) is 63.6 Å². The van der Waals surface area contributed by atoms with Crippen LogP contribution in [0.4, 0.5) is 22.0 Å². The summed E-state index contributed by atoms with van der Waals surface area (Å²) in [5.41, 5.74) is 3.22. The largest absolute Gasteiger partial charge is 0.496 e. The van der Waals surface area contributed by atoms with E-state index in [2.05, 4.69) is 14.7 Å². The number of benzene rings is 2. The fourth-order valence-electron chi connectivity index (χ4n) is 6.88. The first kappa shape index (κ1) is 42.9. The van der Waals surface area contributed by atoms with E-state index in [0.717, 1.165) is 32.2 Å². The van der Waals surface area contributed by atoms with Crippen LogP contribution in [0.3, 0.4) is 0 Å². The van der Waals surface area contributed by atoms with E-state index in [1.54, 1.807) is 35.0 Å². The zero-order chi connectivity index (χ0) is 43.4. The van der Waals surface area contributed by atoms with Crippen LogP contribution in [0, 0.1) is 17.7 Å². The molecule has 2 fully saturated rings. The van der Waals surface area contributed by atoms with Crippen molar-refractivity contribution in [3.8, 4) is 51.3 Å². The number of halogens is 5. The van der Waals surface area contributed by atoms with Crippen molar-refractivity contribution in [2.75, 3.05) is 41.5 Å². The van der Waals surface area contributed by atoms with Gasteiger partial charge in [-0.05, 0) is 88.0 Å². The number of nitrogens with zero attached hydrogens (tertiary/aromatic N) is 5. The van der Waals surface area contributed by atoms with Gasteiger partial charge < -0.3 is 28.6 Å². The third-order valence-electron chi connectivity index (χ3n) is 10.3. The van der Waals surface area contributed by atoms with Gasteiger partial charge in [-0.15, -0.1) is 0 Å². The maximum atomic E-state index is 13.4. The molecule has 2 aliphatic carbocycles. The van der Waals surface area contributed by atoms with Gasteiger partial charge in [0.25, 0.3) is 0 Å². The highest BCUT2D eigenvalue weighted by Crippen LogP contribution is 2.42. The van der Waals surface area contributed by atoms with Crippen molar-refractivity contribution < 1.29 is 55.2 Å². The van der Waals surface area contributed by atoms with Gasteiger partial charge in [-0.1, -0.05) is 0 Å². The third kappa shape index (κ3) is 10.4. The van der Waals surface area contributed by atoms with Crippen LogP contribution in [0.1, 0.15) is 59.2 Å².